The fraction of sp³-hybridized carbons (Fsp3) is 1.00. The lowest BCUT2D eigenvalue weighted by Crippen LogP contribution is -2.45. The summed E-state index contributed by atoms with van der Waals surface area (Å²) in [5.41, 5.74) is 0.0428. The molecular formula is C9H17NO. The highest BCUT2D eigenvalue weighted by Crippen LogP contribution is 2.38. The van der Waals surface area contributed by atoms with Crippen LogP contribution < -0.4 is 0 Å². The molecule has 0 radical (unpaired) electrons. The third-order valence-corrected chi connectivity index (χ3v) is 3.19. The molecule has 0 aromatic rings. The van der Waals surface area contributed by atoms with Crippen molar-refractivity contribution in [2.45, 2.75) is 50.8 Å². The van der Waals surface area contributed by atoms with Crippen LogP contribution in [0.3, 0.4) is 0 Å². The number of aliphatic hydroxyl groups is 1. The highest BCUT2D eigenvalue weighted by molar-refractivity contribution is 5.02. The van der Waals surface area contributed by atoms with Gasteiger partial charge in [0.2, 0.25) is 0 Å². The molecule has 64 valence electrons. The van der Waals surface area contributed by atoms with Crippen LogP contribution >= 0.6 is 0 Å². The molecule has 2 rings (SSSR count). The van der Waals surface area contributed by atoms with Gasteiger partial charge in [-0.15, -0.1) is 0 Å². The fourth-order valence-corrected chi connectivity index (χ4v) is 2.13. The smallest absolute Gasteiger partial charge is 0.0730 e. The average molecular weight is 155 g/mol. The quantitative estimate of drug-likeness (QED) is 0.610. The Kier molecular flexibility index (Phi) is 1.52. The maximum atomic E-state index is 9.66. The molecule has 2 nitrogen and oxygen atoms in total. The number of nitrogens with zero attached hydrogens (tertiary/aromatic N) is 1. The number of aliphatic hydroxyl groups excluding tert-OH is 1. The lowest BCUT2D eigenvalue weighted by molar-refractivity contribution is 0.0504. The van der Waals surface area contributed by atoms with E-state index in [1.54, 1.807) is 0 Å². The van der Waals surface area contributed by atoms with Gasteiger partial charge in [0.1, 0.15) is 0 Å². The molecule has 1 unspecified atom stereocenters. The Morgan fingerprint density at radius 3 is 2.27 bits per heavy atom. The van der Waals surface area contributed by atoms with Gasteiger partial charge in [-0.25, -0.2) is 0 Å². The van der Waals surface area contributed by atoms with Gasteiger partial charge in [-0.3, -0.25) is 4.90 Å². The van der Waals surface area contributed by atoms with Crippen LogP contribution in [0.25, 0.3) is 0 Å². The first-order valence-corrected chi connectivity index (χ1v) is 4.57. The van der Waals surface area contributed by atoms with Gasteiger partial charge in [0.15, 0.2) is 0 Å². The monoisotopic (exact) mass is 155 g/mol. The Balaban J connectivity index is 2.10. The van der Waals surface area contributed by atoms with E-state index in [1.165, 1.54) is 12.8 Å². The van der Waals surface area contributed by atoms with Crippen molar-refractivity contribution in [1.29, 1.82) is 0 Å². The molecule has 2 fully saturated rings. The maximum absolute atomic E-state index is 9.66. The summed E-state index contributed by atoms with van der Waals surface area (Å²) in [5, 5.41) is 9.66. The zero-order valence-corrected chi connectivity index (χ0v) is 7.38. The van der Waals surface area contributed by atoms with Gasteiger partial charge >= 0.3 is 0 Å². The van der Waals surface area contributed by atoms with Gasteiger partial charge in [-0.2, -0.15) is 0 Å². The molecule has 1 N–H and O–H groups in total. The van der Waals surface area contributed by atoms with E-state index in [4.69, 9.17) is 0 Å². The van der Waals surface area contributed by atoms with Crippen LogP contribution in [0.5, 0.6) is 0 Å². The molecule has 0 aromatic heterocycles. The van der Waals surface area contributed by atoms with E-state index in [0.29, 0.717) is 0 Å². The van der Waals surface area contributed by atoms with Crippen molar-refractivity contribution < 1.29 is 5.11 Å². The molecule has 0 bridgehead atoms. The highest BCUT2D eigenvalue weighted by atomic mass is 16.3. The van der Waals surface area contributed by atoms with Crippen molar-refractivity contribution >= 4 is 0 Å². The summed E-state index contributed by atoms with van der Waals surface area (Å²) >= 11 is 0. The molecule has 11 heavy (non-hydrogen) atoms. The van der Waals surface area contributed by atoms with Crippen LogP contribution in [0.4, 0.5) is 0 Å². The van der Waals surface area contributed by atoms with Crippen molar-refractivity contribution in [3.8, 4) is 0 Å². The van der Waals surface area contributed by atoms with Crippen LogP contribution in [-0.2, 0) is 0 Å². The Hall–Kier alpha value is -0.0800. The van der Waals surface area contributed by atoms with E-state index in [9.17, 15) is 5.11 Å². The van der Waals surface area contributed by atoms with E-state index in [-0.39, 0.29) is 11.6 Å². The van der Waals surface area contributed by atoms with Crippen LogP contribution in [0.1, 0.15) is 33.1 Å². The van der Waals surface area contributed by atoms with Gasteiger partial charge < -0.3 is 5.11 Å². The lowest BCUT2D eigenvalue weighted by Gasteiger charge is -2.33. The number of hydrogen-bond acceptors (Lipinski definition) is 2. The third-order valence-electron chi connectivity index (χ3n) is 3.19. The number of hydrogen-bond donors (Lipinski definition) is 1. The van der Waals surface area contributed by atoms with Crippen molar-refractivity contribution in [1.82, 2.24) is 4.90 Å². The molecule has 1 heterocycles. The van der Waals surface area contributed by atoms with E-state index in [2.05, 4.69) is 18.7 Å². The summed E-state index contributed by atoms with van der Waals surface area (Å²) in [6.45, 7) is 5.41. The first-order chi connectivity index (χ1) is 5.12. The van der Waals surface area contributed by atoms with Gasteiger partial charge in [0.25, 0.3) is 0 Å². The second-order valence-corrected chi connectivity index (χ2v) is 4.38. The summed E-state index contributed by atoms with van der Waals surface area (Å²) in [5.74, 6) is 0. The molecule has 2 heteroatoms. The van der Waals surface area contributed by atoms with E-state index in [1.807, 2.05) is 0 Å². The SMILES string of the molecule is CC1(C)C(O)CCN1C1CC1. The molecule has 0 amide bonds. The predicted octanol–water partition coefficient (Wildman–Crippen LogP) is 0.994. The van der Waals surface area contributed by atoms with Gasteiger partial charge in [0, 0.05) is 18.1 Å². The molecule has 1 aliphatic carbocycles. The van der Waals surface area contributed by atoms with Gasteiger partial charge in [-0.05, 0) is 33.1 Å². The Morgan fingerprint density at radius 1 is 1.27 bits per heavy atom. The van der Waals surface area contributed by atoms with Crippen LogP contribution in [0.2, 0.25) is 0 Å². The fourth-order valence-electron chi connectivity index (χ4n) is 2.13. The molecule has 2 aliphatic rings. The van der Waals surface area contributed by atoms with Crippen molar-refractivity contribution in [3.05, 3.63) is 0 Å². The van der Waals surface area contributed by atoms with Crippen LogP contribution in [0, 0.1) is 0 Å². The zero-order valence-electron chi connectivity index (χ0n) is 7.38. The second-order valence-electron chi connectivity index (χ2n) is 4.38. The van der Waals surface area contributed by atoms with Gasteiger partial charge in [0.05, 0.1) is 6.10 Å². The summed E-state index contributed by atoms with van der Waals surface area (Å²) < 4.78 is 0. The molecular weight excluding hydrogens is 138 g/mol. The summed E-state index contributed by atoms with van der Waals surface area (Å²) in [6, 6.07) is 0.794. The molecule has 0 aromatic carbocycles. The molecule has 1 aliphatic heterocycles. The minimum absolute atomic E-state index is 0.0428. The summed E-state index contributed by atoms with van der Waals surface area (Å²) in [6.07, 6.45) is 3.54. The standard InChI is InChI=1S/C9H17NO/c1-9(2)8(11)5-6-10(9)7-3-4-7/h7-8,11H,3-6H2,1-2H3. The normalized spacial score (nSPS) is 37.9. The first kappa shape index (κ1) is 7.56. The Bertz CT molecular complexity index is 163. The summed E-state index contributed by atoms with van der Waals surface area (Å²) in [7, 11) is 0. The van der Waals surface area contributed by atoms with Gasteiger partial charge in [-0.1, -0.05) is 0 Å². The first-order valence-electron chi connectivity index (χ1n) is 4.57. The van der Waals surface area contributed by atoms with Crippen LogP contribution in [0.15, 0.2) is 0 Å². The average Bonchev–Trinajstić information content (AvgIpc) is 2.67. The van der Waals surface area contributed by atoms with Crippen molar-refractivity contribution in [2.75, 3.05) is 6.54 Å². The molecule has 1 atom stereocenters. The molecule has 0 spiro atoms. The largest absolute Gasteiger partial charge is 0.391 e. The number of likely N-dealkylation sites (tertiary alicyclic amines) is 1. The molecule has 1 saturated carbocycles. The van der Waals surface area contributed by atoms with E-state index >= 15 is 0 Å². The molecule has 1 saturated heterocycles. The Labute approximate surface area is 68.2 Å². The highest BCUT2D eigenvalue weighted by Gasteiger charge is 2.46. The summed E-state index contributed by atoms with van der Waals surface area (Å²) in [4.78, 5) is 2.47. The van der Waals surface area contributed by atoms with Crippen molar-refractivity contribution in [3.63, 3.8) is 0 Å². The van der Waals surface area contributed by atoms with E-state index in [0.717, 1.165) is 19.0 Å². The topological polar surface area (TPSA) is 23.5 Å². The van der Waals surface area contributed by atoms with Crippen molar-refractivity contribution in [2.24, 2.45) is 0 Å². The maximum Gasteiger partial charge on any atom is 0.0730 e. The Morgan fingerprint density at radius 2 is 1.91 bits per heavy atom. The van der Waals surface area contributed by atoms with E-state index < -0.39 is 0 Å². The number of rotatable bonds is 1. The second kappa shape index (κ2) is 2.20. The van der Waals surface area contributed by atoms with Crippen LogP contribution in [-0.4, -0.2) is 34.2 Å². The predicted molar refractivity (Wildman–Crippen MR) is 44.4 cm³/mol. The minimum Gasteiger partial charge on any atom is -0.391 e. The minimum atomic E-state index is -0.108. The zero-order chi connectivity index (χ0) is 8.06. The third kappa shape index (κ3) is 1.09. The lowest BCUT2D eigenvalue weighted by atomic mass is 9.99.